The number of nitrogens with zero attached hydrogens (tertiary/aromatic N) is 2. The summed E-state index contributed by atoms with van der Waals surface area (Å²) < 4.78 is 1.30. The lowest BCUT2D eigenvalue weighted by Gasteiger charge is -2.01. The van der Waals surface area contributed by atoms with Crippen LogP contribution in [0.3, 0.4) is 0 Å². The number of aromatic amines is 1. The summed E-state index contributed by atoms with van der Waals surface area (Å²) in [5.74, 6) is -0.972. The summed E-state index contributed by atoms with van der Waals surface area (Å²) in [6, 6.07) is 2.66. The van der Waals surface area contributed by atoms with Gasteiger partial charge in [0.2, 0.25) is 11.5 Å². The molecular weight excluding hydrogens is 250 g/mol. The number of H-pyrrole nitrogens is 1. The summed E-state index contributed by atoms with van der Waals surface area (Å²) in [6.07, 6.45) is 4.23. The molecule has 2 rings (SSSR count). The van der Waals surface area contributed by atoms with E-state index in [4.69, 9.17) is 5.73 Å². The molecule has 0 saturated heterocycles. The third-order valence-corrected chi connectivity index (χ3v) is 2.25. The fraction of sp³-hybridized carbons (Fsp3) is 0.0909. The molecule has 2 aromatic rings. The van der Waals surface area contributed by atoms with Crippen molar-refractivity contribution in [1.29, 1.82) is 0 Å². The molecular formula is C11H11N5O3. The van der Waals surface area contributed by atoms with Gasteiger partial charge in [-0.05, 0) is 6.07 Å². The summed E-state index contributed by atoms with van der Waals surface area (Å²) in [5, 5.41) is 6.41. The molecule has 19 heavy (non-hydrogen) atoms. The van der Waals surface area contributed by atoms with Gasteiger partial charge in [0.15, 0.2) is 0 Å². The third kappa shape index (κ3) is 3.28. The van der Waals surface area contributed by atoms with Gasteiger partial charge in [0.25, 0.3) is 5.91 Å². The van der Waals surface area contributed by atoms with E-state index in [1.165, 1.54) is 35.4 Å². The molecule has 0 saturated carbocycles. The van der Waals surface area contributed by atoms with Crippen LogP contribution in [0.25, 0.3) is 0 Å². The van der Waals surface area contributed by atoms with Crippen molar-refractivity contribution in [3.05, 3.63) is 46.6 Å². The second-order valence-electron chi connectivity index (χ2n) is 3.79. The molecule has 0 aliphatic rings. The van der Waals surface area contributed by atoms with Crippen molar-refractivity contribution in [3.63, 3.8) is 0 Å². The van der Waals surface area contributed by atoms with E-state index in [0.717, 1.165) is 0 Å². The number of carbonyl (C=O) groups excluding carboxylic acids is 2. The van der Waals surface area contributed by atoms with Gasteiger partial charge >= 0.3 is 0 Å². The minimum Gasteiger partial charge on any atom is -0.368 e. The summed E-state index contributed by atoms with van der Waals surface area (Å²) >= 11 is 0. The first kappa shape index (κ1) is 12.6. The summed E-state index contributed by atoms with van der Waals surface area (Å²) in [4.78, 5) is 36.0. The largest absolute Gasteiger partial charge is 0.368 e. The van der Waals surface area contributed by atoms with E-state index in [-0.39, 0.29) is 17.7 Å². The van der Waals surface area contributed by atoms with Crippen LogP contribution >= 0.6 is 0 Å². The molecule has 98 valence electrons. The molecule has 0 aromatic carbocycles. The lowest BCUT2D eigenvalue weighted by Crippen LogP contribution is -2.19. The second kappa shape index (κ2) is 5.17. The summed E-state index contributed by atoms with van der Waals surface area (Å²) in [5.41, 5.74) is 5.29. The maximum Gasteiger partial charge on any atom is 0.256 e. The molecule has 0 aliphatic heterocycles. The minimum absolute atomic E-state index is 0.0686. The van der Waals surface area contributed by atoms with Gasteiger partial charge in [0.05, 0.1) is 11.9 Å². The Morgan fingerprint density at radius 3 is 2.95 bits per heavy atom. The van der Waals surface area contributed by atoms with Crippen LogP contribution in [0.15, 0.2) is 35.5 Å². The number of rotatable bonds is 4. The van der Waals surface area contributed by atoms with Crippen molar-refractivity contribution in [2.75, 3.05) is 5.32 Å². The number of aromatic nitrogens is 3. The molecule has 0 unspecified atom stereocenters. The zero-order chi connectivity index (χ0) is 13.8. The van der Waals surface area contributed by atoms with Crippen molar-refractivity contribution >= 4 is 17.5 Å². The molecule has 0 atom stereocenters. The first-order chi connectivity index (χ1) is 9.04. The van der Waals surface area contributed by atoms with Crippen LogP contribution < -0.4 is 16.6 Å². The lowest BCUT2D eigenvalue weighted by molar-refractivity contribution is -0.118. The maximum atomic E-state index is 11.8. The predicted octanol–water partition coefficient (Wildman–Crippen LogP) is -0.691. The number of carbonyl (C=O) groups is 2. The van der Waals surface area contributed by atoms with E-state index in [1.807, 2.05) is 0 Å². The van der Waals surface area contributed by atoms with E-state index in [0.29, 0.717) is 5.69 Å². The van der Waals surface area contributed by atoms with Gasteiger partial charge in [-0.2, -0.15) is 5.10 Å². The van der Waals surface area contributed by atoms with Crippen molar-refractivity contribution in [1.82, 2.24) is 14.8 Å². The van der Waals surface area contributed by atoms with E-state index in [1.54, 1.807) is 0 Å². The number of nitrogens with two attached hydrogens (primary N) is 1. The van der Waals surface area contributed by atoms with Gasteiger partial charge < -0.3 is 16.0 Å². The number of amides is 2. The second-order valence-corrected chi connectivity index (χ2v) is 3.79. The van der Waals surface area contributed by atoms with Crippen LogP contribution in [-0.4, -0.2) is 26.6 Å². The van der Waals surface area contributed by atoms with Crippen molar-refractivity contribution in [2.45, 2.75) is 6.54 Å². The molecule has 2 aromatic heterocycles. The van der Waals surface area contributed by atoms with Crippen LogP contribution in [0, 0.1) is 0 Å². The molecule has 0 radical (unpaired) electrons. The Balaban J connectivity index is 2.09. The van der Waals surface area contributed by atoms with Crippen LogP contribution in [0.1, 0.15) is 10.4 Å². The van der Waals surface area contributed by atoms with E-state index >= 15 is 0 Å². The molecule has 2 amide bonds. The molecule has 8 heteroatoms. The Kier molecular flexibility index (Phi) is 3.42. The smallest absolute Gasteiger partial charge is 0.256 e. The number of primary amides is 1. The number of hydrogen-bond acceptors (Lipinski definition) is 4. The topological polar surface area (TPSA) is 123 Å². The van der Waals surface area contributed by atoms with Gasteiger partial charge in [-0.1, -0.05) is 0 Å². The molecule has 4 N–H and O–H groups in total. The van der Waals surface area contributed by atoms with Crippen molar-refractivity contribution in [3.8, 4) is 0 Å². The van der Waals surface area contributed by atoms with Gasteiger partial charge in [-0.3, -0.25) is 19.1 Å². The highest BCUT2D eigenvalue weighted by atomic mass is 16.2. The average molecular weight is 261 g/mol. The zero-order valence-corrected chi connectivity index (χ0v) is 9.79. The Labute approximate surface area is 107 Å². The molecule has 8 nitrogen and oxygen atoms in total. The Bertz CT molecular complexity index is 673. The van der Waals surface area contributed by atoms with Crippen molar-refractivity contribution in [2.24, 2.45) is 5.73 Å². The SMILES string of the molecule is NC(=O)Cn1cc(NC(=O)c2cc[nH]c(=O)c2)cn1. The van der Waals surface area contributed by atoms with Crippen LogP contribution in [0.4, 0.5) is 5.69 Å². The molecule has 0 bridgehead atoms. The Morgan fingerprint density at radius 2 is 2.26 bits per heavy atom. The first-order valence-electron chi connectivity index (χ1n) is 5.35. The highest BCUT2D eigenvalue weighted by Gasteiger charge is 2.08. The molecule has 0 aliphatic carbocycles. The van der Waals surface area contributed by atoms with Gasteiger partial charge in [0.1, 0.15) is 6.54 Å². The van der Waals surface area contributed by atoms with Crippen molar-refractivity contribution < 1.29 is 9.59 Å². The molecule has 0 fully saturated rings. The van der Waals surface area contributed by atoms with Crippen LogP contribution in [0.2, 0.25) is 0 Å². The summed E-state index contributed by atoms with van der Waals surface area (Å²) in [6.45, 7) is -0.0686. The Morgan fingerprint density at radius 1 is 1.47 bits per heavy atom. The maximum absolute atomic E-state index is 11.8. The standard InChI is InChI=1S/C11H11N5O3/c12-9(17)6-16-5-8(4-14-16)15-11(19)7-1-2-13-10(18)3-7/h1-5H,6H2,(H2,12,17)(H,13,18)(H,15,19). The zero-order valence-electron chi connectivity index (χ0n) is 9.79. The average Bonchev–Trinajstić information content (AvgIpc) is 2.75. The van der Waals surface area contributed by atoms with Gasteiger partial charge in [-0.25, -0.2) is 0 Å². The molecule has 2 heterocycles. The quantitative estimate of drug-likeness (QED) is 0.673. The summed E-state index contributed by atoms with van der Waals surface area (Å²) in [7, 11) is 0. The number of nitrogens with one attached hydrogen (secondary N) is 2. The normalized spacial score (nSPS) is 10.1. The fourth-order valence-corrected chi connectivity index (χ4v) is 1.46. The van der Waals surface area contributed by atoms with Gasteiger partial charge in [0, 0.05) is 24.0 Å². The Hall–Kier alpha value is -2.90. The molecule has 0 spiro atoms. The lowest BCUT2D eigenvalue weighted by atomic mass is 10.2. The highest BCUT2D eigenvalue weighted by Crippen LogP contribution is 2.07. The monoisotopic (exact) mass is 261 g/mol. The number of pyridine rings is 1. The van der Waals surface area contributed by atoms with E-state index < -0.39 is 11.8 Å². The van der Waals surface area contributed by atoms with Crippen LogP contribution in [0.5, 0.6) is 0 Å². The highest BCUT2D eigenvalue weighted by molar-refractivity contribution is 6.03. The predicted molar refractivity (Wildman–Crippen MR) is 66.4 cm³/mol. The number of hydrogen-bond donors (Lipinski definition) is 3. The van der Waals surface area contributed by atoms with E-state index in [2.05, 4.69) is 15.4 Å². The first-order valence-corrected chi connectivity index (χ1v) is 5.35. The fourth-order valence-electron chi connectivity index (χ4n) is 1.46. The van der Waals surface area contributed by atoms with Crippen LogP contribution in [-0.2, 0) is 11.3 Å². The number of anilines is 1. The van der Waals surface area contributed by atoms with Gasteiger partial charge in [-0.15, -0.1) is 0 Å². The van der Waals surface area contributed by atoms with E-state index in [9.17, 15) is 14.4 Å². The minimum atomic E-state index is -0.532. The third-order valence-electron chi connectivity index (χ3n) is 2.25.